The Balaban J connectivity index is 1.78. The summed E-state index contributed by atoms with van der Waals surface area (Å²) in [7, 11) is 0. The molecule has 0 bridgehead atoms. The lowest BCUT2D eigenvalue weighted by molar-refractivity contribution is -0.130. The van der Waals surface area contributed by atoms with Gasteiger partial charge in [-0.1, -0.05) is 35.9 Å². The Kier molecular flexibility index (Phi) is 4.49. The summed E-state index contributed by atoms with van der Waals surface area (Å²) in [5, 5.41) is 1.05. The molecule has 1 aliphatic heterocycles. The highest BCUT2D eigenvalue weighted by Gasteiger charge is 2.27. The molecule has 1 aromatic heterocycles. The number of fused-ring (bicyclic) bond motifs is 1. The number of carbonyl (C=O) groups is 1. The van der Waals surface area contributed by atoms with Crippen LogP contribution in [0.25, 0.3) is 10.9 Å². The van der Waals surface area contributed by atoms with Gasteiger partial charge in [-0.15, -0.1) is 0 Å². The van der Waals surface area contributed by atoms with Gasteiger partial charge in [-0.25, -0.2) is 4.39 Å². The molecule has 3 nitrogen and oxygen atoms in total. The molecule has 1 amide bonds. The van der Waals surface area contributed by atoms with Crippen molar-refractivity contribution in [2.75, 3.05) is 13.1 Å². The van der Waals surface area contributed by atoms with Crippen LogP contribution in [0.1, 0.15) is 41.9 Å². The van der Waals surface area contributed by atoms with Gasteiger partial charge in [0, 0.05) is 42.5 Å². The average Bonchev–Trinajstić information content (AvgIpc) is 3.32. The van der Waals surface area contributed by atoms with E-state index < -0.39 is 0 Å². The van der Waals surface area contributed by atoms with Crippen LogP contribution in [-0.2, 0) is 4.79 Å². The summed E-state index contributed by atoms with van der Waals surface area (Å²) < 4.78 is 14.7. The van der Waals surface area contributed by atoms with Gasteiger partial charge in [0.05, 0.1) is 0 Å². The van der Waals surface area contributed by atoms with E-state index in [1.807, 2.05) is 48.4 Å². The molecule has 2 aromatic carbocycles. The number of rotatable bonds is 4. The molecule has 0 saturated carbocycles. The topological polar surface area (TPSA) is 36.1 Å². The number of H-pyrrole nitrogens is 1. The number of aromatic nitrogens is 1. The Hall–Kier alpha value is -2.62. The van der Waals surface area contributed by atoms with E-state index in [1.165, 1.54) is 6.07 Å². The smallest absolute Gasteiger partial charge is 0.223 e. The SMILES string of the molecule is Cc1ccc(F)c([C@@H](CC(=O)N2CCCC2)c2c[nH]c3ccccc23)c1. The van der Waals surface area contributed by atoms with E-state index in [0.717, 1.165) is 48.0 Å². The first kappa shape index (κ1) is 16.8. The zero-order valence-electron chi connectivity index (χ0n) is 15.0. The molecule has 1 fully saturated rings. The standard InChI is InChI=1S/C22H23FN2O/c1-15-8-9-20(23)18(12-15)17(13-22(26)25-10-4-5-11-25)19-14-24-21-7-3-2-6-16(19)21/h2-3,6-9,12,14,17,24H,4-5,10-11,13H2,1H3/t17-/m1/s1. The van der Waals surface area contributed by atoms with Crippen LogP contribution >= 0.6 is 0 Å². The van der Waals surface area contributed by atoms with Crippen LogP contribution in [0.15, 0.2) is 48.7 Å². The Morgan fingerprint density at radius 1 is 1.15 bits per heavy atom. The van der Waals surface area contributed by atoms with Gasteiger partial charge in [0.25, 0.3) is 0 Å². The number of halogens is 1. The molecule has 0 spiro atoms. The zero-order chi connectivity index (χ0) is 18.1. The van der Waals surface area contributed by atoms with Crippen LogP contribution in [0, 0.1) is 12.7 Å². The van der Waals surface area contributed by atoms with E-state index in [9.17, 15) is 9.18 Å². The maximum atomic E-state index is 14.7. The van der Waals surface area contributed by atoms with Gasteiger partial charge in [0.15, 0.2) is 0 Å². The van der Waals surface area contributed by atoms with Crippen molar-refractivity contribution in [3.05, 3.63) is 71.2 Å². The normalized spacial score (nSPS) is 15.5. The van der Waals surface area contributed by atoms with Crippen LogP contribution in [0.3, 0.4) is 0 Å². The summed E-state index contributed by atoms with van der Waals surface area (Å²) in [4.78, 5) is 18.0. The van der Waals surface area contributed by atoms with Gasteiger partial charge < -0.3 is 9.88 Å². The number of hydrogen-bond donors (Lipinski definition) is 1. The molecule has 0 radical (unpaired) electrons. The molecular formula is C22H23FN2O. The van der Waals surface area contributed by atoms with Crippen LogP contribution in [0.4, 0.5) is 4.39 Å². The van der Waals surface area contributed by atoms with Gasteiger partial charge in [-0.05, 0) is 43.0 Å². The summed E-state index contributed by atoms with van der Waals surface area (Å²) in [6.07, 6.45) is 4.33. The first-order valence-corrected chi connectivity index (χ1v) is 9.23. The number of aryl methyl sites for hydroxylation is 1. The minimum Gasteiger partial charge on any atom is -0.361 e. The summed E-state index contributed by atoms with van der Waals surface area (Å²) in [6, 6.07) is 13.1. The van der Waals surface area contributed by atoms with Gasteiger partial charge in [-0.2, -0.15) is 0 Å². The predicted octanol–water partition coefficient (Wildman–Crippen LogP) is 4.76. The molecular weight excluding hydrogens is 327 g/mol. The van der Waals surface area contributed by atoms with Gasteiger partial charge >= 0.3 is 0 Å². The van der Waals surface area contributed by atoms with E-state index in [-0.39, 0.29) is 17.6 Å². The number of amides is 1. The molecule has 1 aliphatic rings. The van der Waals surface area contributed by atoms with Crippen molar-refractivity contribution >= 4 is 16.8 Å². The largest absolute Gasteiger partial charge is 0.361 e. The third-order valence-electron chi connectivity index (χ3n) is 5.36. The second-order valence-electron chi connectivity index (χ2n) is 7.16. The third kappa shape index (κ3) is 3.12. The number of para-hydroxylation sites is 1. The molecule has 134 valence electrons. The monoisotopic (exact) mass is 350 g/mol. The minimum atomic E-state index is -0.292. The van der Waals surface area contributed by atoms with Crippen LogP contribution < -0.4 is 0 Å². The van der Waals surface area contributed by atoms with Crippen molar-refractivity contribution in [2.24, 2.45) is 0 Å². The lowest BCUT2D eigenvalue weighted by atomic mass is 9.86. The fourth-order valence-electron chi connectivity index (χ4n) is 3.97. The molecule has 0 unspecified atom stereocenters. The van der Waals surface area contributed by atoms with Gasteiger partial charge in [0.2, 0.25) is 5.91 Å². The maximum absolute atomic E-state index is 14.7. The number of nitrogens with zero attached hydrogens (tertiary/aromatic N) is 1. The second kappa shape index (κ2) is 6.94. The molecule has 2 heterocycles. The van der Waals surface area contributed by atoms with Gasteiger partial charge in [-0.3, -0.25) is 4.79 Å². The molecule has 4 heteroatoms. The molecule has 1 saturated heterocycles. The fraction of sp³-hybridized carbons (Fsp3) is 0.318. The Morgan fingerprint density at radius 3 is 2.73 bits per heavy atom. The van der Waals surface area contributed by atoms with E-state index in [2.05, 4.69) is 4.98 Å². The van der Waals surface area contributed by atoms with Crippen molar-refractivity contribution in [1.29, 1.82) is 0 Å². The maximum Gasteiger partial charge on any atom is 0.223 e. The molecule has 1 atom stereocenters. The van der Waals surface area contributed by atoms with Crippen LogP contribution in [0.5, 0.6) is 0 Å². The van der Waals surface area contributed by atoms with Crippen molar-refractivity contribution < 1.29 is 9.18 Å². The Bertz CT molecular complexity index is 940. The summed E-state index contributed by atoms with van der Waals surface area (Å²) in [6.45, 7) is 3.59. The lowest BCUT2D eigenvalue weighted by Gasteiger charge is -2.22. The molecule has 1 N–H and O–H groups in total. The molecule has 26 heavy (non-hydrogen) atoms. The lowest BCUT2D eigenvalue weighted by Crippen LogP contribution is -2.29. The minimum absolute atomic E-state index is 0.110. The fourth-order valence-corrected chi connectivity index (χ4v) is 3.97. The van der Waals surface area contributed by atoms with Crippen molar-refractivity contribution in [3.63, 3.8) is 0 Å². The summed E-state index contributed by atoms with van der Waals surface area (Å²) in [5.41, 5.74) is 3.59. The Labute approximate surface area is 152 Å². The number of hydrogen-bond acceptors (Lipinski definition) is 1. The highest BCUT2D eigenvalue weighted by atomic mass is 19.1. The highest BCUT2D eigenvalue weighted by Crippen LogP contribution is 2.35. The zero-order valence-corrected chi connectivity index (χ0v) is 15.0. The van der Waals surface area contributed by atoms with E-state index in [4.69, 9.17) is 0 Å². The quantitative estimate of drug-likeness (QED) is 0.723. The number of nitrogens with one attached hydrogen (secondary N) is 1. The molecule has 4 rings (SSSR count). The van der Waals surface area contributed by atoms with Crippen LogP contribution in [0.2, 0.25) is 0 Å². The molecule has 0 aliphatic carbocycles. The molecule has 3 aromatic rings. The second-order valence-corrected chi connectivity index (χ2v) is 7.16. The van der Waals surface area contributed by atoms with Crippen LogP contribution in [-0.4, -0.2) is 28.9 Å². The number of likely N-dealkylation sites (tertiary alicyclic amines) is 1. The first-order chi connectivity index (χ1) is 12.6. The number of aromatic amines is 1. The van der Waals surface area contributed by atoms with Crippen molar-refractivity contribution in [2.45, 2.75) is 32.1 Å². The highest BCUT2D eigenvalue weighted by molar-refractivity contribution is 5.86. The van der Waals surface area contributed by atoms with Gasteiger partial charge in [0.1, 0.15) is 5.82 Å². The first-order valence-electron chi connectivity index (χ1n) is 9.23. The Morgan fingerprint density at radius 2 is 1.92 bits per heavy atom. The number of benzene rings is 2. The summed E-state index contributed by atoms with van der Waals surface area (Å²) in [5.74, 6) is -0.432. The van der Waals surface area contributed by atoms with Crippen molar-refractivity contribution in [1.82, 2.24) is 9.88 Å². The third-order valence-corrected chi connectivity index (χ3v) is 5.36. The van der Waals surface area contributed by atoms with E-state index in [1.54, 1.807) is 6.07 Å². The van der Waals surface area contributed by atoms with Crippen molar-refractivity contribution in [3.8, 4) is 0 Å². The van der Waals surface area contributed by atoms with E-state index >= 15 is 0 Å². The average molecular weight is 350 g/mol. The summed E-state index contributed by atoms with van der Waals surface area (Å²) >= 11 is 0. The number of carbonyl (C=O) groups excluding carboxylic acids is 1. The van der Waals surface area contributed by atoms with E-state index in [0.29, 0.717) is 12.0 Å². The predicted molar refractivity (Wildman–Crippen MR) is 102 cm³/mol.